The summed E-state index contributed by atoms with van der Waals surface area (Å²) < 4.78 is 0. The molecule has 1 aromatic rings. The van der Waals surface area contributed by atoms with Gasteiger partial charge in [0.15, 0.2) is 0 Å². The van der Waals surface area contributed by atoms with Gasteiger partial charge in [-0.05, 0) is 30.9 Å². The summed E-state index contributed by atoms with van der Waals surface area (Å²) in [5, 5.41) is 13.1. The fourth-order valence-corrected chi connectivity index (χ4v) is 2.75. The van der Waals surface area contributed by atoms with Crippen LogP contribution in [0, 0.1) is 11.8 Å². The Morgan fingerprint density at radius 1 is 1.24 bits per heavy atom. The normalized spacial score (nSPS) is 24.8. The van der Waals surface area contributed by atoms with Gasteiger partial charge in [0.05, 0.1) is 0 Å². The van der Waals surface area contributed by atoms with Gasteiger partial charge in [-0.3, -0.25) is 0 Å². The van der Waals surface area contributed by atoms with Crippen LogP contribution in [-0.2, 0) is 6.54 Å². The van der Waals surface area contributed by atoms with Crippen molar-refractivity contribution in [1.82, 2.24) is 5.32 Å². The predicted molar refractivity (Wildman–Crippen MR) is 70.9 cm³/mol. The summed E-state index contributed by atoms with van der Waals surface area (Å²) >= 11 is 0. The number of nitrogens with one attached hydrogen (secondary N) is 1. The second kappa shape index (κ2) is 6.06. The molecule has 2 atom stereocenters. The van der Waals surface area contributed by atoms with E-state index in [1.54, 1.807) is 6.07 Å². The summed E-state index contributed by atoms with van der Waals surface area (Å²) in [5.74, 6) is 2.06. The first-order valence-electron chi connectivity index (χ1n) is 6.75. The van der Waals surface area contributed by atoms with E-state index in [1.165, 1.54) is 25.7 Å². The number of benzene rings is 1. The van der Waals surface area contributed by atoms with E-state index in [-0.39, 0.29) is 0 Å². The zero-order valence-electron chi connectivity index (χ0n) is 10.7. The lowest BCUT2D eigenvalue weighted by molar-refractivity contribution is 0.247. The predicted octanol–water partition coefficient (Wildman–Crippen LogP) is 3.31. The zero-order valence-corrected chi connectivity index (χ0v) is 10.7. The quantitative estimate of drug-likeness (QED) is 0.836. The van der Waals surface area contributed by atoms with Crippen LogP contribution in [-0.4, -0.2) is 11.7 Å². The molecular weight excluding hydrogens is 210 g/mol. The number of aromatic hydroxyl groups is 1. The summed E-state index contributed by atoms with van der Waals surface area (Å²) in [6.07, 6.45) is 5.52. The van der Waals surface area contributed by atoms with Crippen LogP contribution in [0.25, 0.3) is 0 Å². The molecule has 2 rings (SSSR count). The Bertz CT molecular complexity index is 351. The molecule has 1 aliphatic carbocycles. The highest BCUT2D eigenvalue weighted by atomic mass is 16.3. The number of hydrogen-bond donors (Lipinski definition) is 2. The third-order valence-corrected chi connectivity index (χ3v) is 4.00. The fraction of sp³-hybridized carbons (Fsp3) is 0.600. The Hall–Kier alpha value is -1.02. The number of rotatable bonds is 4. The minimum atomic E-state index is 0.400. The van der Waals surface area contributed by atoms with E-state index in [9.17, 15) is 5.11 Å². The first-order valence-corrected chi connectivity index (χ1v) is 6.75. The van der Waals surface area contributed by atoms with Gasteiger partial charge in [-0.1, -0.05) is 44.4 Å². The molecule has 94 valence electrons. The van der Waals surface area contributed by atoms with Gasteiger partial charge in [-0.25, -0.2) is 0 Å². The molecule has 0 amide bonds. The second-order valence-electron chi connectivity index (χ2n) is 5.28. The molecule has 17 heavy (non-hydrogen) atoms. The molecule has 0 spiro atoms. The topological polar surface area (TPSA) is 32.3 Å². The Morgan fingerprint density at radius 3 is 2.76 bits per heavy atom. The molecule has 0 aliphatic heterocycles. The molecule has 2 heteroatoms. The van der Waals surface area contributed by atoms with Crippen molar-refractivity contribution >= 4 is 0 Å². The highest BCUT2D eigenvalue weighted by Gasteiger charge is 2.20. The van der Waals surface area contributed by atoms with Crippen LogP contribution in [0.15, 0.2) is 24.3 Å². The Balaban J connectivity index is 1.77. The van der Waals surface area contributed by atoms with E-state index in [2.05, 4.69) is 12.2 Å². The summed E-state index contributed by atoms with van der Waals surface area (Å²) in [5.41, 5.74) is 0.996. The highest BCUT2D eigenvalue weighted by molar-refractivity contribution is 5.31. The number of hydrogen-bond acceptors (Lipinski definition) is 2. The van der Waals surface area contributed by atoms with Crippen molar-refractivity contribution in [3.8, 4) is 5.75 Å². The van der Waals surface area contributed by atoms with Gasteiger partial charge in [0.1, 0.15) is 5.75 Å². The Morgan fingerprint density at radius 2 is 2.00 bits per heavy atom. The summed E-state index contributed by atoms with van der Waals surface area (Å²) in [6.45, 7) is 4.22. The van der Waals surface area contributed by atoms with Gasteiger partial charge in [0.25, 0.3) is 0 Å². The van der Waals surface area contributed by atoms with Crippen LogP contribution in [0.2, 0.25) is 0 Å². The van der Waals surface area contributed by atoms with Gasteiger partial charge in [-0.2, -0.15) is 0 Å². The molecule has 1 saturated carbocycles. The number of phenols is 1. The van der Waals surface area contributed by atoms with Gasteiger partial charge in [0.2, 0.25) is 0 Å². The first-order chi connectivity index (χ1) is 8.27. The maximum atomic E-state index is 9.66. The monoisotopic (exact) mass is 233 g/mol. The third-order valence-electron chi connectivity index (χ3n) is 4.00. The van der Waals surface area contributed by atoms with Crippen molar-refractivity contribution in [2.75, 3.05) is 6.54 Å². The van der Waals surface area contributed by atoms with Crippen LogP contribution in [0.4, 0.5) is 0 Å². The molecule has 0 saturated heterocycles. The average Bonchev–Trinajstić information content (AvgIpc) is 2.34. The van der Waals surface area contributed by atoms with Gasteiger partial charge in [0, 0.05) is 12.1 Å². The molecule has 0 bridgehead atoms. The first kappa shape index (κ1) is 12.4. The lowest BCUT2D eigenvalue weighted by Gasteiger charge is -2.28. The second-order valence-corrected chi connectivity index (χ2v) is 5.28. The van der Waals surface area contributed by atoms with E-state index in [0.29, 0.717) is 5.75 Å². The molecule has 2 unspecified atom stereocenters. The summed E-state index contributed by atoms with van der Waals surface area (Å²) in [6, 6.07) is 7.56. The van der Waals surface area contributed by atoms with Crippen LogP contribution < -0.4 is 5.32 Å². The Kier molecular flexibility index (Phi) is 4.43. The van der Waals surface area contributed by atoms with Crippen molar-refractivity contribution in [3.63, 3.8) is 0 Å². The highest BCUT2D eigenvalue weighted by Crippen LogP contribution is 2.29. The van der Waals surface area contributed by atoms with Crippen LogP contribution in [0.5, 0.6) is 5.75 Å². The molecule has 0 aromatic heterocycles. The molecular formula is C15H23NO. The molecule has 2 nitrogen and oxygen atoms in total. The molecule has 0 heterocycles. The molecule has 0 radical (unpaired) electrons. The van der Waals surface area contributed by atoms with E-state index in [0.717, 1.165) is 30.5 Å². The van der Waals surface area contributed by atoms with Gasteiger partial charge >= 0.3 is 0 Å². The van der Waals surface area contributed by atoms with Crippen LogP contribution in [0.1, 0.15) is 38.2 Å². The average molecular weight is 233 g/mol. The van der Waals surface area contributed by atoms with Gasteiger partial charge in [-0.15, -0.1) is 0 Å². The largest absolute Gasteiger partial charge is 0.508 e. The zero-order chi connectivity index (χ0) is 12.1. The molecule has 1 aromatic carbocycles. The third kappa shape index (κ3) is 3.47. The number of para-hydroxylation sites is 1. The minimum Gasteiger partial charge on any atom is -0.508 e. The van der Waals surface area contributed by atoms with E-state index in [4.69, 9.17) is 0 Å². The van der Waals surface area contributed by atoms with Crippen molar-refractivity contribution in [2.24, 2.45) is 11.8 Å². The van der Waals surface area contributed by atoms with Crippen molar-refractivity contribution in [3.05, 3.63) is 29.8 Å². The van der Waals surface area contributed by atoms with Crippen molar-refractivity contribution in [1.29, 1.82) is 0 Å². The summed E-state index contributed by atoms with van der Waals surface area (Å²) in [7, 11) is 0. The Labute approximate surface area is 104 Å². The lowest BCUT2D eigenvalue weighted by atomic mass is 9.80. The van der Waals surface area contributed by atoms with E-state index >= 15 is 0 Å². The number of phenolic OH excluding ortho intramolecular Hbond substituents is 1. The molecule has 1 fully saturated rings. The van der Waals surface area contributed by atoms with Crippen LogP contribution in [0.3, 0.4) is 0 Å². The van der Waals surface area contributed by atoms with Gasteiger partial charge < -0.3 is 10.4 Å². The summed E-state index contributed by atoms with van der Waals surface area (Å²) in [4.78, 5) is 0. The maximum absolute atomic E-state index is 9.66. The molecule has 1 aliphatic rings. The van der Waals surface area contributed by atoms with E-state index in [1.807, 2.05) is 18.2 Å². The lowest BCUT2D eigenvalue weighted by Crippen LogP contribution is -2.29. The van der Waals surface area contributed by atoms with Crippen molar-refractivity contribution < 1.29 is 5.11 Å². The smallest absolute Gasteiger partial charge is 0.120 e. The minimum absolute atomic E-state index is 0.400. The SMILES string of the molecule is CC1CCCCC1CNCc1ccccc1O. The molecule has 2 N–H and O–H groups in total. The van der Waals surface area contributed by atoms with E-state index < -0.39 is 0 Å². The maximum Gasteiger partial charge on any atom is 0.120 e. The van der Waals surface area contributed by atoms with Crippen LogP contribution >= 0.6 is 0 Å². The standard InChI is InChI=1S/C15H23NO/c1-12-6-2-3-7-13(12)10-16-11-14-8-4-5-9-15(14)17/h4-5,8-9,12-13,16-17H,2-3,6-7,10-11H2,1H3. The fourth-order valence-electron chi connectivity index (χ4n) is 2.75. The van der Waals surface area contributed by atoms with Crippen molar-refractivity contribution in [2.45, 2.75) is 39.2 Å².